The van der Waals surface area contributed by atoms with Crippen LogP contribution in [0.15, 0.2) is 22.8 Å². The summed E-state index contributed by atoms with van der Waals surface area (Å²) in [4.78, 5) is 15.4. The lowest BCUT2D eigenvalue weighted by atomic mass is 10.2. The largest absolute Gasteiger partial charge is 0.481 e. The smallest absolute Gasteiger partial charge is 0.303 e. The number of rotatable bonds is 3. The Morgan fingerprint density at radius 3 is 2.90 bits per heavy atom. The maximum atomic E-state index is 10.8. The summed E-state index contributed by atoms with van der Waals surface area (Å²) in [6.45, 7) is 2.04. The third-order valence-electron chi connectivity index (χ3n) is 3.51. The highest BCUT2D eigenvalue weighted by atomic mass is 79.9. The fourth-order valence-corrected chi connectivity index (χ4v) is 3.29. The van der Waals surface area contributed by atoms with Crippen molar-refractivity contribution in [3.63, 3.8) is 0 Å². The average Bonchev–Trinajstić information content (AvgIpc) is 2.85. The monoisotopic (exact) mass is 335 g/mol. The van der Waals surface area contributed by atoms with Crippen molar-refractivity contribution in [2.45, 2.75) is 19.8 Å². The first-order valence-corrected chi connectivity index (χ1v) is 7.12. The number of benzene rings is 1. The van der Waals surface area contributed by atoms with Crippen LogP contribution in [-0.4, -0.2) is 25.0 Å². The number of aryl methyl sites for hydroxylation is 2. The highest BCUT2D eigenvalue weighted by Crippen LogP contribution is 2.28. The second-order valence-corrected chi connectivity index (χ2v) is 5.68. The van der Waals surface area contributed by atoms with E-state index in [0.29, 0.717) is 6.42 Å². The summed E-state index contributed by atoms with van der Waals surface area (Å²) >= 11 is 3.59. The number of carboxylic acids is 1. The molecule has 5 nitrogen and oxygen atoms in total. The molecule has 20 heavy (non-hydrogen) atoms. The summed E-state index contributed by atoms with van der Waals surface area (Å²) < 4.78 is 4.85. The van der Waals surface area contributed by atoms with Gasteiger partial charge in [-0.05, 0) is 40.5 Å². The number of carbonyl (C=O) groups is 1. The Balaban J connectivity index is 2.24. The van der Waals surface area contributed by atoms with E-state index >= 15 is 0 Å². The number of aromatic nitrogens is 3. The maximum absolute atomic E-state index is 10.8. The molecule has 0 bridgehead atoms. The van der Waals surface area contributed by atoms with Crippen LogP contribution >= 0.6 is 15.9 Å². The molecule has 0 unspecified atom stereocenters. The third kappa shape index (κ3) is 1.91. The zero-order valence-electron chi connectivity index (χ0n) is 11.2. The van der Waals surface area contributed by atoms with Crippen LogP contribution in [0.2, 0.25) is 0 Å². The molecule has 2 heterocycles. The Labute approximate surface area is 124 Å². The topological polar surface area (TPSA) is 59.5 Å². The van der Waals surface area contributed by atoms with Gasteiger partial charge in [0.05, 0.1) is 23.1 Å². The molecule has 3 aromatic rings. The van der Waals surface area contributed by atoms with E-state index < -0.39 is 5.97 Å². The summed E-state index contributed by atoms with van der Waals surface area (Å²) in [5.74, 6) is 0.0225. The van der Waals surface area contributed by atoms with Crippen molar-refractivity contribution in [3.05, 3.63) is 34.1 Å². The maximum Gasteiger partial charge on any atom is 0.303 e. The second kappa shape index (κ2) is 4.63. The fourth-order valence-electron chi connectivity index (χ4n) is 2.48. The highest BCUT2D eigenvalue weighted by molar-refractivity contribution is 9.10. The number of hydrogen-bond donors (Lipinski definition) is 1. The first kappa shape index (κ1) is 13.2. The van der Waals surface area contributed by atoms with E-state index in [-0.39, 0.29) is 6.42 Å². The molecule has 0 atom stereocenters. The number of imidazole rings is 2. The second-order valence-electron chi connectivity index (χ2n) is 4.93. The van der Waals surface area contributed by atoms with E-state index in [9.17, 15) is 4.79 Å². The molecule has 0 amide bonds. The fraction of sp³-hybridized carbons (Fsp3) is 0.286. The minimum Gasteiger partial charge on any atom is -0.481 e. The number of nitrogens with zero attached hydrogens (tertiary/aromatic N) is 3. The molecule has 104 valence electrons. The molecular formula is C14H14BrN3O2. The molecular weight excluding hydrogens is 322 g/mol. The van der Waals surface area contributed by atoms with Gasteiger partial charge in [0, 0.05) is 13.5 Å². The lowest BCUT2D eigenvalue weighted by Gasteiger charge is -2.01. The van der Waals surface area contributed by atoms with Crippen LogP contribution in [-0.2, 0) is 18.3 Å². The predicted octanol–water partition coefficient (Wildman–Crippen LogP) is 2.91. The van der Waals surface area contributed by atoms with Crippen LogP contribution in [0.1, 0.15) is 17.7 Å². The third-order valence-corrected chi connectivity index (χ3v) is 4.32. The van der Waals surface area contributed by atoms with Crippen molar-refractivity contribution in [2.24, 2.45) is 7.05 Å². The molecule has 2 aromatic heterocycles. The van der Waals surface area contributed by atoms with Crippen molar-refractivity contribution in [1.29, 1.82) is 0 Å². The van der Waals surface area contributed by atoms with E-state index in [0.717, 1.165) is 27.1 Å². The van der Waals surface area contributed by atoms with Crippen molar-refractivity contribution in [2.75, 3.05) is 0 Å². The van der Waals surface area contributed by atoms with Crippen molar-refractivity contribution < 1.29 is 9.90 Å². The van der Waals surface area contributed by atoms with Gasteiger partial charge in [-0.2, -0.15) is 0 Å². The van der Waals surface area contributed by atoms with Crippen LogP contribution in [0.5, 0.6) is 0 Å². The molecule has 0 aliphatic carbocycles. The van der Waals surface area contributed by atoms with Gasteiger partial charge in [-0.3, -0.25) is 9.20 Å². The molecule has 6 heteroatoms. The first-order valence-electron chi connectivity index (χ1n) is 6.32. The van der Waals surface area contributed by atoms with Crippen molar-refractivity contribution >= 4 is 38.7 Å². The summed E-state index contributed by atoms with van der Waals surface area (Å²) in [5.41, 5.74) is 4.08. The molecule has 0 fully saturated rings. The normalized spacial score (nSPS) is 11.6. The quantitative estimate of drug-likeness (QED) is 0.800. The molecule has 0 aliphatic heterocycles. The lowest BCUT2D eigenvalue weighted by Crippen LogP contribution is -2.02. The van der Waals surface area contributed by atoms with Gasteiger partial charge >= 0.3 is 5.97 Å². The van der Waals surface area contributed by atoms with E-state index in [1.165, 1.54) is 5.56 Å². The molecule has 0 saturated heterocycles. The van der Waals surface area contributed by atoms with Crippen molar-refractivity contribution in [3.8, 4) is 0 Å². The zero-order valence-corrected chi connectivity index (χ0v) is 12.8. The Bertz CT molecular complexity index is 832. The number of halogens is 1. The minimum atomic E-state index is -0.795. The van der Waals surface area contributed by atoms with Gasteiger partial charge in [0.1, 0.15) is 4.60 Å². The molecule has 0 radical (unpaired) electrons. The van der Waals surface area contributed by atoms with Crippen LogP contribution in [0.4, 0.5) is 0 Å². The van der Waals surface area contributed by atoms with Crippen LogP contribution in [0.25, 0.3) is 16.8 Å². The van der Waals surface area contributed by atoms with Gasteiger partial charge in [-0.25, -0.2) is 4.98 Å². The molecule has 1 N–H and O–H groups in total. The zero-order chi connectivity index (χ0) is 14.4. The summed E-state index contributed by atoms with van der Waals surface area (Å²) in [6.07, 6.45) is 0.583. The summed E-state index contributed by atoms with van der Waals surface area (Å²) in [6, 6.07) is 6.12. The number of fused-ring (bicyclic) bond motifs is 3. The lowest BCUT2D eigenvalue weighted by molar-refractivity contribution is -0.136. The minimum absolute atomic E-state index is 0.108. The molecule has 1 aromatic carbocycles. The summed E-state index contributed by atoms with van der Waals surface area (Å²) in [7, 11) is 1.91. The number of hydrogen-bond acceptors (Lipinski definition) is 2. The Hall–Kier alpha value is -1.82. The van der Waals surface area contributed by atoms with Crippen molar-refractivity contribution in [1.82, 2.24) is 14.0 Å². The van der Waals surface area contributed by atoms with Crippen LogP contribution in [0.3, 0.4) is 0 Å². The molecule has 3 rings (SSSR count). The SMILES string of the molecule is Cc1ccc2nc3n(C)c(CCC(=O)O)c(Br)n3c2c1. The first-order chi connectivity index (χ1) is 9.49. The summed E-state index contributed by atoms with van der Waals surface area (Å²) in [5, 5.41) is 8.84. The van der Waals surface area contributed by atoms with Gasteiger partial charge < -0.3 is 9.67 Å². The number of carboxylic acid groups (broad SMARTS) is 1. The van der Waals surface area contributed by atoms with Gasteiger partial charge in [-0.1, -0.05) is 6.07 Å². The Morgan fingerprint density at radius 1 is 1.45 bits per heavy atom. The van der Waals surface area contributed by atoms with Crippen LogP contribution in [0, 0.1) is 6.92 Å². The van der Waals surface area contributed by atoms with Gasteiger partial charge in [0.25, 0.3) is 0 Å². The Morgan fingerprint density at radius 2 is 2.20 bits per heavy atom. The van der Waals surface area contributed by atoms with Crippen LogP contribution < -0.4 is 0 Å². The standard InChI is InChI=1S/C14H14BrN3O2/c1-8-3-4-9-11(7-8)18-13(15)10(5-6-12(19)20)17(2)14(18)16-9/h3-4,7H,5-6H2,1-2H3,(H,19,20). The van der Waals surface area contributed by atoms with E-state index in [1.54, 1.807) is 0 Å². The van der Waals surface area contributed by atoms with E-state index in [2.05, 4.69) is 27.0 Å². The highest BCUT2D eigenvalue weighted by Gasteiger charge is 2.18. The predicted molar refractivity (Wildman–Crippen MR) is 80.1 cm³/mol. The number of aliphatic carboxylic acids is 1. The molecule has 0 spiro atoms. The Kier molecular flexibility index (Phi) is 3.05. The van der Waals surface area contributed by atoms with Gasteiger partial charge in [0.2, 0.25) is 5.78 Å². The van der Waals surface area contributed by atoms with Gasteiger partial charge in [-0.15, -0.1) is 0 Å². The van der Waals surface area contributed by atoms with Gasteiger partial charge in [0.15, 0.2) is 0 Å². The molecule has 0 aliphatic rings. The molecule has 0 saturated carbocycles. The van der Waals surface area contributed by atoms with E-state index in [1.807, 2.05) is 35.1 Å². The average molecular weight is 336 g/mol. The van der Waals surface area contributed by atoms with E-state index in [4.69, 9.17) is 5.11 Å².